The number of hydrogen-bond acceptors (Lipinski definition) is 12. The molecule has 0 radical (unpaired) electrons. The van der Waals surface area contributed by atoms with E-state index in [0.29, 0.717) is 35.7 Å². The Kier molecular flexibility index (Phi) is 15.3. The Morgan fingerprint density at radius 1 is 0.738 bits per heavy atom. The van der Waals surface area contributed by atoms with Gasteiger partial charge in [0.05, 0.1) is 13.2 Å². The summed E-state index contributed by atoms with van der Waals surface area (Å²) in [6, 6.07) is 0. The maximum absolute atomic E-state index is 11.5. The lowest BCUT2D eigenvalue weighted by atomic mass is 9.93. The Hall–Kier alpha value is -3.88. The fourth-order valence-electron chi connectivity index (χ4n) is 3.10. The summed E-state index contributed by atoms with van der Waals surface area (Å²) < 4.78 is 10.2. The molecule has 0 aliphatic carbocycles. The monoisotopic (exact) mass is 599 g/mol. The van der Waals surface area contributed by atoms with Gasteiger partial charge in [0.2, 0.25) is 5.91 Å². The molecule has 0 atom stereocenters. The van der Waals surface area contributed by atoms with Crippen LogP contribution in [-0.2, 0) is 57.5 Å². The van der Waals surface area contributed by atoms with Crippen LogP contribution in [0, 0.1) is 11.3 Å². The molecule has 0 aromatic heterocycles. The topological polar surface area (TPSA) is 192 Å². The Balaban J connectivity index is 0.000000428. The number of nitrogens with zero attached hydrogens (tertiary/aromatic N) is 2. The van der Waals surface area contributed by atoms with E-state index in [-0.39, 0.29) is 44.2 Å². The second-order valence-corrected chi connectivity index (χ2v) is 11.1. The van der Waals surface area contributed by atoms with Crippen LogP contribution in [0.3, 0.4) is 0 Å². The van der Waals surface area contributed by atoms with Crippen molar-refractivity contribution < 1.29 is 57.5 Å². The summed E-state index contributed by atoms with van der Waals surface area (Å²) in [6.07, 6.45) is 0.508. The van der Waals surface area contributed by atoms with Crippen molar-refractivity contribution in [2.24, 2.45) is 11.3 Å². The lowest BCUT2D eigenvalue weighted by molar-refractivity contribution is -0.198. The number of amides is 5. The van der Waals surface area contributed by atoms with Gasteiger partial charge in [-0.3, -0.25) is 28.8 Å². The molecule has 0 saturated carbocycles. The molecule has 2 aliphatic heterocycles. The maximum Gasteiger partial charge on any atom is 0.344 e. The molecule has 236 valence electrons. The third-order valence-electron chi connectivity index (χ3n) is 5.51. The van der Waals surface area contributed by atoms with Crippen LogP contribution in [0.2, 0.25) is 0 Å². The minimum absolute atomic E-state index is 0.0181. The van der Waals surface area contributed by atoms with Crippen LogP contribution < -0.4 is 5.32 Å². The maximum atomic E-state index is 11.5. The molecular weight excluding hydrogens is 558 g/mol. The van der Waals surface area contributed by atoms with Gasteiger partial charge in [-0.05, 0) is 24.2 Å². The molecule has 2 rings (SSSR count). The summed E-state index contributed by atoms with van der Waals surface area (Å²) in [5.41, 5.74) is 0.192. The average molecular weight is 600 g/mol. The van der Waals surface area contributed by atoms with Gasteiger partial charge < -0.3 is 24.5 Å². The molecule has 0 unspecified atom stereocenters. The molecule has 2 aliphatic rings. The molecule has 0 spiro atoms. The van der Waals surface area contributed by atoms with Gasteiger partial charge in [0.25, 0.3) is 23.6 Å². The van der Waals surface area contributed by atoms with Crippen molar-refractivity contribution in [3.63, 3.8) is 0 Å². The summed E-state index contributed by atoms with van der Waals surface area (Å²) in [7, 11) is 0. The van der Waals surface area contributed by atoms with Gasteiger partial charge in [0, 0.05) is 38.8 Å². The minimum atomic E-state index is -0.974. The first-order valence-corrected chi connectivity index (χ1v) is 13.7. The lowest BCUT2D eigenvalue weighted by Gasteiger charge is -2.17. The molecular formula is C27H41N3O12. The third-order valence-corrected chi connectivity index (χ3v) is 5.51. The number of imide groups is 2. The van der Waals surface area contributed by atoms with Crippen molar-refractivity contribution in [3.05, 3.63) is 0 Å². The first-order valence-electron chi connectivity index (χ1n) is 13.7. The quantitative estimate of drug-likeness (QED) is 0.130. The molecule has 0 bridgehead atoms. The number of ether oxygens (including phenoxy) is 2. The van der Waals surface area contributed by atoms with Crippen molar-refractivity contribution in [1.29, 1.82) is 0 Å². The number of carbonyl (C=O) groups excluding carboxylic acids is 8. The first-order chi connectivity index (χ1) is 19.6. The number of rotatable bonds is 14. The molecule has 0 aromatic carbocycles. The van der Waals surface area contributed by atoms with Gasteiger partial charge in [-0.15, -0.1) is 10.1 Å². The van der Waals surface area contributed by atoms with E-state index < -0.39 is 60.3 Å². The molecule has 2 fully saturated rings. The molecule has 15 heteroatoms. The third kappa shape index (κ3) is 15.2. The van der Waals surface area contributed by atoms with E-state index in [1.54, 1.807) is 0 Å². The molecule has 42 heavy (non-hydrogen) atoms. The standard InChI is InChI=1S/C15H24N2O6.C12H17NO6/c1-15(2,3)6-8-22-9-7-16-11(18)10-14(21)23-17-12(19)4-5-13(17)20;1-8(2)5-6-18-11(16)7-12(17)19-13-9(14)3-4-10(13)15/h4-10H2,1-3H3,(H,16,18);8H,3-7H2,1-2H3. The summed E-state index contributed by atoms with van der Waals surface area (Å²) in [5.74, 6) is -5.11. The first kappa shape index (κ1) is 36.1. The van der Waals surface area contributed by atoms with Gasteiger partial charge in [-0.2, -0.15) is 0 Å². The second-order valence-electron chi connectivity index (χ2n) is 11.1. The summed E-state index contributed by atoms with van der Waals surface area (Å²) in [4.78, 5) is 99.6. The van der Waals surface area contributed by atoms with Gasteiger partial charge in [0.15, 0.2) is 0 Å². The number of hydroxylamine groups is 4. The zero-order chi connectivity index (χ0) is 31.9. The highest BCUT2D eigenvalue weighted by Gasteiger charge is 2.34. The Morgan fingerprint density at radius 3 is 1.67 bits per heavy atom. The van der Waals surface area contributed by atoms with E-state index in [9.17, 15) is 38.4 Å². The van der Waals surface area contributed by atoms with E-state index in [1.165, 1.54) is 0 Å². The van der Waals surface area contributed by atoms with E-state index in [1.807, 2.05) is 13.8 Å². The normalized spacial score (nSPS) is 15.0. The van der Waals surface area contributed by atoms with Crippen molar-refractivity contribution >= 4 is 47.4 Å². The van der Waals surface area contributed by atoms with E-state index in [4.69, 9.17) is 9.47 Å². The predicted octanol–water partition coefficient (Wildman–Crippen LogP) is 1.13. The molecule has 15 nitrogen and oxygen atoms in total. The van der Waals surface area contributed by atoms with Crippen LogP contribution in [0.5, 0.6) is 0 Å². The van der Waals surface area contributed by atoms with Crippen LogP contribution >= 0.6 is 0 Å². The van der Waals surface area contributed by atoms with E-state index >= 15 is 0 Å². The van der Waals surface area contributed by atoms with Crippen molar-refractivity contribution in [2.45, 2.75) is 86.0 Å². The number of hydrogen-bond donors (Lipinski definition) is 1. The van der Waals surface area contributed by atoms with Crippen LogP contribution in [-0.4, -0.2) is 83.9 Å². The zero-order valence-electron chi connectivity index (χ0n) is 24.9. The molecule has 5 amide bonds. The average Bonchev–Trinajstić information content (AvgIpc) is 3.35. The van der Waals surface area contributed by atoms with Crippen LogP contribution in [0.4, 0.5) is 0 Å². The Morgan fingerprint density at radius 2 is 1.21 bits per heavy atom. The summed E-state index contributed by atoms with van der Waals surface area (Å²) >= 11 is 0. The molecule has 0 aromatic rings. The zero-order valence-corrected chi connectivity index (χ0v) is 24.9. The highest BCUT2D eigenvalue weighted by molar-refractivity contribution is 6.03. The van der Waals surface area contributed by atoms with Crippen LogP contribution in [0.15, 0.2) is 0 Å². The molecule has 2 heterocycles. The highest BCUT2D eigenvalue weighted by atomic mass is 16.7. The lowest BCUT2D eigenvalue weighted by Crippen LogP contribution is -2.35. The van der Waals surface area contributed by atoms with Gasteiger partial charge in [-0.25, -0.2) is 9.59 Å². The summed E-state index contributed by atoms with van der Waals surface area (Å²) in [6.45, 7) is 11.7. The Bertz CT molecular complexity index is 986. The predicted molar refractivity (Wildman–Crippen MR) is 142 cm³/mol. The van der Waals surface area contributed by atoms with Gasteiger partial charge in [0.1, 0.15) is 12.8 Å². The smallest absolute Gasteiger partial charge is 0.344 e. The van der Waals surface area contributed by atoms with Gasteiger partial charge in [-0.1, -0.05) is 34.6 Å². The highest BCUT2D eigenvalue weighted by Crippen LogP contribution is 2.17. The van der Waals surface area contributed by atoms with Crippen LogP contribution in [0.1, 0.15) is 86.0 Å². The number of carbonyl (C=O) groups is 8. The molecule has 1 N–H and O–H groups in total. The Labute approximate surface area is 244 Å². The van der Waals surface area contributed by atoms with E-state index in [0.717, 1.165) is 6.42 Å². The SMILES string of the molecule is CC(C)(C)CCOCCNC(=O)CC(=O)ON1C(=O)CCC1=O.CC(C)CCOC(=O)CC(=O)ON1C(=O)CCC1=O. The minimum Gasteiger partial charge on any atom is -0.465 e. The largest absolute Gasteiger partial charge is 0.465 e. The van der Waals surface area contributed by atoms with E-state index in [2.05, 4.69) is 35.8 Å². The number of esters is 1. The number of nitrogens with one attached hydrogen (secondary N) is 1. The fourth-order valence-corrected chi connectivity index (χ4v) is 3.10. The molecule has 2 saturated heterocycles. The van der Waals surface area contributed by atoms with Crippen molar-refractivity contribution in [3.8, 4) is 0 Å². The van der Waals surface area contributed by atoms with Crippen LogP contribution in [0.25, 0.3) is 0 Å². The second kappa shape index (κ2) is 17.8. The van der Waals surface area contributed by atoms with Crippen molar-refractivity contribution in [1.82, 2.24) is 15.4 Å². The van der Waals surface area contributed by atoms with Gasteiger partial charge >= 0.3 is 17.9 Å². The summed E-state index contributed by atoms with van der Waals surface area (Å²) in [5, 5.41) is 3.33. The fraction of sp³-hybridized carbons (Fsp3) is 0.704. The van der Waals surface area contributed by atoms with Crippen molar-refractivity contribution in [2.75, 3.05) is 26.4 Å².